The van der Waals surface area contributed by atoms with Crippen molar-refractivity contribution in [1.82, 2.24) is 0 Å². The summed E-state index contributed by atoms with van der Waals surface area (Å²) in [4.78, 5) is 11.7. The Bertz CT molecular complexity index is 827. The van der Waals surface area contributed by atoms with Gasteiger partial charge in [-0.3, -0.25) is 0 Å². The van der Waals surface area contributed by atoms with Crippen molar-refractivity contribution in [1.29, 1.82) is 0 Å². The molecule has 0 N–H and O–H groups in total. The van der Waals surface area contributed by atoms with E-state index in [2.05, 4.69) is 0 Å². The van der Waals surface area contributed by atoms with E-state index in [1.165, 1.54) is 13.2 Å². The third-order valence-electron chi connectivity index (χ3n) is 3.76. The van der Waals surface area contributed by atoms with Crippen molar-refractivity contribution in [2.24, 2.45) is 0 Å². The van der Waals surface area contributed by atoms with Gasteiger partial charge in [-0.05, 0) is 54.5 Å². The van der Waals surface area contributed by atoms with Gasteiger partial charge < -0.3 is 9.47 Å². The normalized spacial score (nSPS) is 13.0. The predicted octanol–water partition coefficient (Wildman–Crippen LogP) is 4.40. The molecule has 2 aromatic carbocycles. The third kappa shape index (κ3) is 2.82. The number of aryl methyl sites for hydroxylation is 1. The van der Waals surface area contributed by atoms with Crippen LogP contribution in [-0.4, -0.2) is 19.7 Å². The van der Waals surface area contributed by atoms with Gasteiger partial charge >= 0.3 is 5.97 Å². The number of carbonyl (C=O) groups is 1. The maximum absolute atomic E-state index is 14.4. The summed E-state index contributed by atoms with van der Waals surface area (Å²) in [6.07, 6.45) is 1.77. The summed E-state index contributed by atoms with van der Waals surface area (Å²) in [6, 6.07) is 7.93. The molecule has 3 rings (SSSR count). The van der Waals surface area contributed by atoms with Crippen molar-refractivity contribution in [2.45, 2.75) is 6.92 Å². The van der Waals surface area contributed by atoms with E-state index < -0.39 is 5.97 Å². The lowest BCUT2D eigenvalue weighted by Gasteiger charge is -2.20. The Balaban J connectivity index is 2.15. The molecule has 118 valence electrons. The first-order chi connectivity index (χ1) is 11.0. The molecule has 0 amide bonds. The van der Waals surface area contributed by atoms with Crippen molar-refractivity contribution in [3.8, 4) is 5.75 Å². The first kappa shape index (κ1) is 15.6. The Hall–Kier alpha value is -2.33. The third-order valence-corrected chi connectivity index (χ3v) is 4.16. The van der Waals surface area contributed by atoms with Gasteiger partial charge in [-0.2, -0.15) is 0 Å². The van der Waals surface area contributed by atoms with Gasteiger partial charge in [0.1, 0.15) is 18.2 Å². The monoisotopic (exact) mass is 332 g/mol. The van der Waals surface area contributed by atoms with Crippen LogP contribution < -0.4 is 4.74 Å². The van der Waals surface area contributed by atoms with Crippen molar-refractivity contribution in [2.75, 3.05) is 13.7 Å². The van der Waals surface area contributed by atoms with E-state index in [0.717, 1.165) is 0 Å². The van der Waals surface area contributed by atoms with Gasteiger partial charge in [0.15, 0.2) is 0 Å². The molecule has 3 nitrogen and oxygen atoms in total. The summed E-state index contributed by atoms with van der Waals surface area (Å²) < 4.78 is 24.7. The Morgan fingerprint density at radius 2 is 2.04 bits per heavy atom. The Morgan fingerprint density at radius 3 is 2.78 bits per heavy atom. The lowest BCUT2D eigenvalue weighted by Crippen LogP contribution is -2.09. The number of methoxy groups -OCH3 is 1. The van der Waals surface area contributed by atoms with Crippen LogP contribution in [0, 0.1) is 12.7 Å². The van der Waals surface area contributed by atoms with Crippen LogP contribution in [0.3, 0.4) is 0 Å². The summed E-state index contributed by atoms with van der Waals surface area (Å²) in [5.74, 6) is -0.235. The average molecular weight is 333 g/mol. The number of hydrogen-bond acceptors (Lipinski definition) is 3. The number of hydrogen-bond donors (Lipinski definition) is 0. The molecular formula is C18H14ClFO3. The van der Waals surface area contributed by atoms with E-state index in [1.54, 1.807) is 37.3 Å². The molecule has 0 aromatic heterocycles. The van der Waals surface area contributed by atoms with Gasteiger partial charge in [-0.1, -0.05) is 11.6 Å². The Labute approximate surface area is 138 Å². The number of ether oxygens (including phenoxy) is 2. The van der Waals surface area contributed by atoms with E-state index in [-0.39, 0.29) is 5.82 Å². The fraction of sp³-hybridized carbons (Fsp3) is 0.167. The number of rotatable bonds is 2. The largest absolute Gasteiger partial charge is 0.489 e. The lowest BCUT2D eigenvalue weighted by atomic mass is 9.93. The van der Waals surface area contributed by atoms with Crippen LogP contribution in [0.2, 0.25) is 5.02 Å². The number of fused-ring (bicyclic) bond motifs is 1. The molecule has 0 fully saturated rings. The van der Waals surface area contributed by atoms with E-state index in [9.17, 15) is 9.18 Å². The van der Waals surface area contributed by atoms with Crippen LogP contribution in [0.15, 0.2) is 36.4 Å². The molecule has 0 radical (unpaired) electrons. The second kappa shape index (κ2) is 6.05. The van der Waals surface area contributed by atoms with Crippen LogP contribution in [0.25, 0.3) is 5.57 Å². The first-order valence-electron chi connectivity index (χ1n) is 7.03. The quantitative estimate of drug-likeness (QED) is 0.765. The molecule has 0 saturated carbocycles. The highest BCUT2D eigenvalue weighted by Gasteiger charge is 2.21. The van der Waals surface area contributed by atoms with Gasteiger partial charge in [0.25, 0.3) is 0 Å². The molecular weight excluding hydrogens is 319 g/mol. The molecule has 5 heteroatoms. The Morgan fingerprint density at radius 1 is 1.26 bits per heavy atom. The molecule has 1 heterocycles. The van der Waals surface area contributed by atoms with E-state index in [4.69, 9.17) is 21.1 Å². The number of benzene rings is 2. The summed E-state index contributed by atoms with van der Waals surface area (Å²) >= 11 is 6.14. The van der Waals surface area contributed by atoms with Gasteiger partial charge in [-0.25, -0.2) is 9.18 Å². The van der Waals surface area contributed by atoms with Crippen LogP contribution in [-0.2, 0) is 4.74 Å². The maximum atomic E-state index is 14.4. The molecule has 0 unspecified atom stereocenters. The number of halogens is 2. The minimum absolute atomic E-state index is 0.324. The topological polar surface area (TPSA) is 35.5 Å². The number of carbonyl (C=O) groups excluding carboxylic acids is 1. The minimum Gasteiger partial charge on any atom is -0.489 e. The fourth-order valence-corrected chi connectivity index (χ4v) is 2.71. The van der Waals surface area contributed by atoms with Crippen molar-refractivity contribution >= 4 is 23.1 Å². The first-order valence-corrected chi connectivity index (χ1v) is 7.40. The lowest BCUT2D eigenvalue weighted by molar-refractivity contribution is 0.0600. The standard InChI is InChI=1S/C18H14ClFO3/c1-10-7-16(20)13(9-15(10)19)12-5-6-23-17-4-3-11(8-14(12)17)18(21)22-2/h3-5,7-9H,6H2,1-2H3. The Kier molecular flexibility index (Phi) is 4.09. The van der Waals surface area contributed by atoms with E-state index in [0.29, 0.717) is 45.2 Å². The highest BCUT2D eigenvalue weighted by Crippen LogP contribution is 2.37. The summed E-state index contributed by atoms with van der Waals surface area (Å²) in [5.41, 5.74) is 2.71. The van der Waals surface area contributed by atoms with E-state index >= 15 is 0 Å². The summed E-state index contributed by atoms with van der Waals surface area (Å²) in [7, 11) is 1.31. The molecule has 1 aliphatic heterocycles. The van der Waals surface area contributed by atoms with Gasteiger partial charge in [0.05, 0.1) is 12.7 Å². The second-order valence-corrected chi connectivity index (χ2v) is 5.62. The van der Waals surface area contributed by atoms with Crippen LogP contribution >= 0.6 is 11.6 Å². The molecule has 0 saturated heterocycles. The molecule has 0 bridgehead atoms. The molecule has 23 heavy (non-hydrogen) atoms. The second-order valence-electron chi connectivity index (χ2n) is 5.21. The van der Waals surface area contributed by atoms with Crippen LogP contribution in [0.4, 0.5) is 4.39 Å². The van der Waals surface area contributed by atoms with Gasteiger partial charge in [0.2, 0.25) is 0 Å². The summed E-state index contributed by atoms with van der Waals surface area (Å²) in [5, 5.41) is 0.486. The smallest absolute Gasteiger partial charge is 0.337 e. The zero-order valence-corrected chi connectivity index (χ0v) is 13.4. The van der Waals surface area contributed by atoms with Crippen molar-refractivity contribution in [3.63, 3.8) is 0 Å². The van der Waals surface area contributed by atoms with E-state index in [1.807, 2.05) is 0 Å². The molecule has 0 spiro atoms. The highest BCUT2D eigenvalue weighted by molar-refractivity contribution is 6.31. The van der Waals surface area contributed by atoms with Crippen molar-refractivity contribution in [3.05, 3.63) is 69.5 Å². The van der Waals surface area contributed by atoms with Crippen molar-refractivity contribution < 1.29 is 18.7 Å². The molecule has 2 aromatic rings. The average Bonchev–Trinajstić information content (AvgIpc) is 2.56. The minimum atomic E-state index is -0.458. The van der Waals surface area contributed by atoms with Gasteiger partial charge in [0, 0.05) is 16.1 Å². The summed E-state index contributed by atoms with van der Waals surface area (Å²) in [6.45, 7) is 2.07. The SMILES string of the molecule is COC(=O)c1ccc2c(c1)C(c1cc(Cl)c(C)cc1F)=CCO2. The fourth-order valence-electron chi connectivity index (χ4n) is 2.54. The highest BCUT2D eigenvalue weighted by atomic mass is 35.5. The zero-order valence-electron chi connectivity index (χ0n) is 12.7. The predicted molar refractivity (Wildman–Crippen MR) is 86.5 cm³/mol. The van der Waals surface area contributed by atoms with Gasteiger partial charge in [-0.15, -0.1) is 0 Å². The zero-order chi connectivity index (χ0) is 16.6. The van der Waals surface area contributed by atoms with Crippen LogP contribution in [0.5, 0.6) is 5.75 Å². The van der Waals surface area contributed by atoms with Crippen LogP contribution in [0.1, 0.15) is 27.0 Å². The molecule has 1 aliphatic rings. The molecule has 0 aliphatic carbocycles. The molecule has 0 atom stereocenters. The number of esters is 1. The maximum Gasteiger partial charge on any atom is 0.337 e.